The molecule has 1 aromatic heterocycles. The topological polar surface area (TPSA) is 68.0 Å². The van der Waals surface area contributed by atoms with Crippen molar-refractivity contribution in [2.24, 2.45) is 11.7 Å². The van der Waals surface area contributed by atoms with Crippen LogP contribution in [0, 0.1) is 12.8 Å². The number of carbonyl (C=O) groups is 1. The van der Waals surface area contributed by atoms with E-state index in [1.165, 1.54) is 11.3 Å². The molecule has 1 unspecified atom stereocenters. The van der Waals surface area contributed by atoms with Gasteiger partial charge in [-0.3, -0.25) is 4.79 Å². The molecule has 17 heavy (non-hydrogen) atoms. The van der Waals surface area contributed by atoms with Crippen LogP contribution in [-0.4, -0.2) is 15.9 Å². The van der Waals surface area contributed by atoms with Gasteiger partial charge in [0.25, 0.3) is 0 Å². The summed E-state index contributed by atoms with van der Waals surface area (Å²) in [4.78, 5) is 16.4. The van der Waals surface area contributed by atoms with Crippen molar-refractivity contribution in [2.75, 3.05) is 0 Å². The lowest BCUT2D eigenvalue weighted by Gasteiger charge is -2.13. The van der Waals surface area contributed by atoms with Crippen molar-refractivity contribution in [3.8, 4) is 0 Å². The number of rotatable bonds is 6. The average Bonchev–Trinajstić information content (AvgIpc) is 2.68. The van der Waals surface area contributed by atoms with Crippen LogP contribution in [0.15, 0.2) is 5.38 Å². The summed E-state index contributed by atoms with van der Waals surface area (Å²) in [6.45, 7) is 4.37. The molecule has 0 radical (unpaired) electrons. The first-order chi connectivity index (χ1) is 8.04. The van der Waals surface area contributed by atoms with Crippen molar-refractivity contribution >= 4 is 34.5 Å². The van der Waals surface area contributed by atoms with E-state index in [1.807, 2.05) is 19.2 Å². The zero-order chi connectivity index (χ0) is 12.8. The van der Waals surface area contributed by atoms with E-state index < -0.39 is 0 Å². The summed E-state index contributed by atoms with van der Waals surface area (Å²) in [6.07, 6.45) is 1.57. The molecular weight excluding hydrogens is 254 g/mol. The Labute approximate surface area is 111 Å². The number of hydrogen-bond donors (Lipinski definition) is 2. The van der Waals surface area contributed by atoms with Gasteiger partial charge in [0.1, 0.15) is 5.01 Å². The fraction of sp³-hybridized carbons (Fsp3) is 0.545. The third-order valence-corrected chi connectivity index (χ3v) is 3.57. The number of nitrogens with one attached hydrogen (secondary N) is 1. The first kappa shape index (κ1) is 14.1. The van der Waals surface area contributed by atoms with Crippen LogP contribution in [0.4, 0.5) is 0 Å². The Morgan fingerprint density at radius 3 is 2.88 bits per heavy atom. The molecule has 4 nitrogen and oxygen atoms in total. The van der Waals surface area contributed by atoms with Crippen LogP contribution in [0.25, 0.3) is 0 Å². The summed E-state index contributed by atoms with van der Waals surface area (Å²) in [7, 11) is 0. The molecule has 1 amide bonds. The minimum Gasteiger partial charge on any atom is -0.393 e. The fourth-order valence-electron chi connectivity index (χ4n) is 1.46. The molecule has 1 heterocycles. The lowest BCUT2D eigenvalue weighted by atomic mass is 10.0. The number of carbonyl (C=O) groups excluding carboxylic acids is 1. The number of nitrogens with two attached hydrogens (primary N) is 1. The lowest BCUT2D eigenvalue weighted by Crippen LogP contribution is -2.37. The Hall–Kier alpha value is -1.01. The second-order valence-electron chi connectivity index (χ2n) is 3.84. The Morgan fingerprint density at radius 2 is 2.41 bits per heavy atom. The molecule has 0 fully saturated rings. The predicted molar refractivity (Wildman–Crippen MR) is 73.9 cm³/mol. The highest BCUT2D eigenvalue weighted by Gasteiger charge is 2.20. The van der Waals surface area contributed by atoms with Gasteiger partial charge in [0.05, 0.1) is 17.5 Å². The standard InChI is InChI=1S/C11H17N3OS2/c1-3-4-8(10(12)16)11(15)13-5-9-14-7(2)6-17-9/h6,8H,3-5H2,1-2H3,(H2,12,16)(H,13,15). The molecule has 0 bridgehead atoms. The highest BCUT2D eigenvalue weighted by atomic mass is 32.1. The maximum Gasteiger partial charge on any atom is 0.230 e. The normalized spacial score (nSPS) is 12.1. The fourth-order valence-corrected chi connectivity index (χ4v) is 2.40. The molecule has 0 aliphatic heterocycles. The quantitative estimate of drug-likeness (QED) is 0.774. The molecule has 0 aromatic carbocycles. The van der Waals surface area contributed by atoms with Gasteiger partial charge in [0.2, 0.25) is 5.91 Å². The third kappa shape index (κ3) is 4.40. The van der Waals surface area contributed by atoms with Crippen molar-refractivity contribution in [1.82, 2.24) is 10.3 Å². The van der Waals surface area contributed by atoms with E-state index in [4.69, 9.17) is 18.0 Å². The van der Waals surface area contributed by atoms with Gasteiger partial charge in [-0.2, -0.15) is 0 Å². The van der Waals surface area contributed by atoms with Gasteiger partial charge >= 0.3 is 0 Å². The van der Waals surface area contributed by atoms with E-state index in [0.29, 0.717) is 13.0 Å². The third-order valence-electron chi connectivity index (χ3n) is 2.32. The van der Waals surface area contributed by atoms with Crippen LogP contribution in [-0.2, 0) is 11.3 Å². The summed E-state index contributed by atoms with van der Waals surface area (Å²) in [6, 6.07) is 0. The Balaban J connectivity index is 2.50. The number of aromatic nitrogens is 1. The maximum absolute atomic E-state index is 11.9. The van der Waals surface area contributed by atoms with Gasteiger partial charge in [-0.1, -0.05) is 25.6 Å². The average molecular weight is 271 g/mol. The molecule has 6 heteroatoms. The van der Waals surface area contributed by atoms with Crippen molar-refractivity contribution in [3.05, 3.63) is 16.1 Å². The van der Waals surface area contributed by atoms with Gasteiger partial charge in [0, 0.05) is 11.1 Å². The molecule has 0 aliphatic carbocycles. The second kappa shape index (κ2) is 6.66. The van der Waals surface area contributed by atoms with Gasteiger partial charge in [-0.05, 0) is 13.3 Å². The first-order valence-corrected chi connectivity index (χ1v) is 6.81. The van der Waals surface area contributed by atoms with Crippen molar-refractivity contribution in [1.29, 1.82) is 0 Å². The Bertz CT molecular complexity index is 403. The van der Waals surface area contributed by atoms with Gasteiger partial charge in [0.15, 0.2) is 0 Å². The predicted octanol–water partition coefficient (Wildman–Crippen LogP) is 1.77. The maximum atomic E-state index is 11.9. The van der Waals surface area contributed by atoms with Crippen molar-refractivity contribution < 1.29 is 4.79 Å². The SMILES string of the molecule is CCCC(C(=O)NCc1nc(C)cs1)C(N)=S. The largest absolute Gasteiger partial charge is 0.393 e. The van der Waals surface area contributed by atoms with Gasteiger partial charge in [-0.15, -0.1) is 11.3 Å². The lowest BCUT2D eigenvalue weighted by molar-refractivity contribution is -0.123. The van der Waals surface area contributed by atoms with Crippen LogP contribution in [0.2, 0.25) is 0 Å². The van der Waals surface area contributed by atoms with Crippen LogP contribution >= 0.6 is 23.6 Å². The minimum absolute atomic E-state index is 0.104. The number of thiocarbonyl (C=S) groups is 1. The molecule has 0 spiro atoms. The summed E-state index contributed by atoms with van der Waals surface area (Å²) in [5, 5.41) is 5.67. The van der Waals surface area contributed by atoms with E-state index in [1.54, 1.807) is 0 Å². The summed E-state index contributed by atoms with van der Waals surface area (Å²) < 4.78 is 0. The highest BCUT2D eigenvalue weighted by molar-refractivity contribution is 7.80. The van der Waals surface area contributed by atoms with E-state index in [0.717, 1.165) is 17.1 Å². The number of amides is 1. The molecule has 0 aliphatic rings. The van der Waals surface area contributed by atoms with Gasteiger partial charge < -0.3 is 11.1 Å². The molecule has 1 aromatic rings. The molecular formula is C11H17N3OS2. The van der Waals surface area contributed by atoms with Gasteiger partial charge in [-0.25, -0.2) is 4.98 Å². The number of thiazole rings is 1. The molecule has 94 valence electrons. The highest BCUT2D eigenvalue weighted by Crippen LogP contribution is 2.10. The number of aryl methyl sites for hydroxylation is 1. The molecule has 1 atom stereocenters. The molecule has 0 saturated carbocycles. The monoisotopic (exact) mass is 271 g/mol. The zero-order valence-electron chi connectivity index (χ0n) is 10.0. The van der Waals surface area contributed by atoms with E-state index >= 15 is 0 Å². The van der Waals surface area contributed by atoms with E-state index in [2.05, 4.69) is 10.3 Å². The van der Waals surface area contributed by atoms with E-state index in [-0.39, 0.29) is 16.8 Å². The molecule has 3 N–H and O–H groups in total. The van der Waals surface area contributed by atoms with Crippen LogP contribution in [0.3, 0.4) is 0 Å². The molecule has 0 saturated heterocycles. The molecule has 1 rings (SSSR count). The summed E-state index contributed by atoms with van der Waals surface area (Å²) >= 11 is 6.43. The smallest absolute Gasteiger partial charge is 0.230 e. The number of nitrogens with zero attached hydrogens (tertiary/aromatic N) is 1. The number of hydrogen-bond acceptors (Lipinski definition) is 4. The Kier molecular flexibility index (Phi) is 5.50. The van der Waals surface area contributed by atoms with Crippen LogP contribution < -0.4 is 11.1 Å². The zero-order valence-corrected chi connectivity index (χ0v) is 11.7. The van der Waals surface area contributed by atoms with Crippen molar-refractivity contribution in [3.63, 3.8) is 0 Å². The van der Waals surface area contributed by atoms with Crippen molar-refractivity contribution in [2.45, 2.75) is 33.2 Å². The minimum atomic E-state index is -0.365. The summed E-state index contributed by atoms with van der Waals surface area (Å²) in [5.41, 5.74) is 6.53. The van der Waals surface area contributed by atoms with Crippen LogP contribution in [0.1, 0.15) is 30.5 Å². The van der Waals surface area contributed by atoms with Crippen LogP contribution in [0.5, 0.6) is 0 Å². The summed E-state index contributed by atoms with van der Waals surface area (Å²) in [5.74, 6) is -0.469. The first-order valence-electron chi connectivity index (χ1n) is 5.52. The Morgan fingerprint density at radius 1 is 1.71 bits per heavy atom. The van der Waals surface area contributed by atoms with E-state index in [9.17, 15) is 4.79 Å². The second-order valence-corrected chi connectivity index (χ2v) is 5.26.